The molecule has 0 fully saturated rings. The van der Waals surface area contributed by atoms with E-state index in [4.69, 9.17) is 11.6 Å². The Morgan fingerprint density at radius 2 is 2.06 bits per heavy atom. The van der Waals surface area contributed by atoms with Crippen LogP contribution in [-0.2, 0) is 6.54 Å². The quantitative estimate of drug-likeness (QED) is 0.579. The normalized spacial score (nSPS) is 10.6. The lowest BCUT2D eigenvalue weighted by atomic mass is 9.98. The standard InChI is InChI=1S/C13H18ClNO/c1-9(2)11-6-5-10(3)12(7-11)8-15(4)13(14)16/h5-7,9H,8H2,1-4H3. The molecule has 0 radical (unpaired) electrons. The van der Waals surface area contributed by atoms with Gasteiger partial charge < -0.3 is 4.90 Å². The van der Waals surface area contributed by atoms with Gasteiger partial charge in [-0.3, -0.25) is 4.79 Å². The van der Waals surface area contributed by atoms with E-state index in [1.807, 2.05) is 6.92 Å². The molecule has 0 atom stereocenters. The van der Waals surface area contributed by atoms with Gasteiger partial charge in [0, 0.05) is 13.6 Å². The molecule has 2 nitrogen and oxygen atoms in total. The summed E-state index contributed by atoms with van der Waals surface area (Å²) < 4.78 is 0. The Balaban J connectivity index is 2.94. The zero-order chi connectivity index (χ0) is 12.3. The van der Waals surface area contributed by atoms with Crippen molar-refractivity contribution in [1.29, 1.82) is 0 Å². The number of rotatable bonds is 3. The van der Waals surface area contributed by atoms with Crippen LogP contribution >= 0.6 is 11.6 Å². The molecule has 0 saturated carbocycles. The van der Waals surface area contributed by atoms with Gasteiger partial charge in [0.15, 0.2) is 0 Å². The number of carbonyl (C=O) groups excluding carboxylic acids is 1. The molecule has 0 spiro atoms. The van der Waals surface area contributed by atoms with Crippen LogP contribution in [0.25, 0.3) is 0 Å². The van der Waals surface area contributed by atoms with Gasteiger partial charge in [0.2, 0.25) is 0 Å². The minimum Gasteiger partial charge on any atom is -0.328 e. The summed E-state index contributed by atoms with van der Waals surface area (Å²) in [5.74, 6) is 0.497. The van der Waals surface area contributed by atoms with Gasteiger partial charge in [-0.25, -0.2) is 0 Å². The highest BCUT2D eigenvalue weighted by Crippen LogP contribution is 2.19. The van der Waals surface area contributed by atoms with Crippen LogP contribution in [0.1, 0.15) is 36.5 Å². The van der Waals surface area contributed by atoms with Gasteiger partial charge in [0.05, 0.1) is 0 Å². The molecular formula is C13H18ClNO. The smallest absolute Gasteiger partial charge is 0.316 e. The molecule has 0 bridgehead atoms. The van der Waals surface area contributed by atoms with Crippen LogP contribution in [0.2, 0.25) is 0 Å². The fourth-order valence-corrected chi connectivity index (χ4v) is 1.60. The zero-order valence-corrected chi connectivity index (χ0v) is 11.0. The molecule has 0 heterocycles. The first-order valence-electron chi connectivity index (χ1n) is 5.42. The Hall–Kier alpha value is -1.02. The van der Waals surface area contributed by atoms with Gasteiger partial charge in [-0.05, 0) is 41.1 Å². The minimum absolute atomic E-state index is 0.422. The Kier molecular flexibility index (Phi) is 4.36. The third-order valence-corrected chi connectivity index (χ3v) is 3.04. The van der Waals surface area contributed by atoms with Crippen LogP contribution in [0, 0.1) is 6.92 Å². The molecule has 0 aliphatic rings. The lowest BCUT2D eigenvalue weighted by molar-refractivity contribution is 0.230. The molecule has 0 aliphatic heterocycles. The molecule has 0 saturated heterocycles. The molecule has 1 aromatic rings. The lowest BCUT2D eigenvalue weighted by Gasteiger charge is -2.17. The van der Waals surface area contributed by atoms with Crippen LogP contribution in [0.5, 0.6) is 0 Å². The summed E-state index contributed by atoms with van der Waals surface area (Å²) in [6, 6.07) is 6.37. The van der Waals surface area contributed by atoms with Gasteiger partial charge >= 0.3 is 5.37 Å². The van der Waals surface area contributed by atoms with E-state index in [2.05, 4.69) is 32.0 Å². The number of hydrogen-bond acceptors (Lipinski definition) is 1. The maximum absolute atomic E-state index is 11.0. The molecule has 1 aromatic carbocycles. The zero-order valence-electron chi connectivity index (χ0n) is 10.2. The van der Waals surface area contributed by atoms with Crippen molar-refractivity contribution >= 4 is 17.0 Å². The number of benzene rings is 1. The predicted octanol–water partition coefficient (Wildman–Crippen LogP) is 3.91. The van der Waals surface area contributed by atoms with Crippen molar-refractivity contribution in [2.24, 2.45) is 0 Å². The minimum atomic E-state index is -0.422. The Bertz CT molecular complexity index is 388. The average Bonchev–Trinajstić information content (AvgIpc) is 2.20. The highest BCUT2D eigenvalue weighted by Gasteiger charge is 2.09. The van der Waals surface area contributed by atoms with Gasteiger partial charge in [-0.1, -0.05) is 32.0 Å². The van der Waals surface area contributed by atoms with E-state index in [0.29, 0.717) is 12.5 Å². The third kappa shape index (κ3) is 3.24. The monoisotopic (exact) mass is 239 g/mol. The summed E-state index contributed by atoms with van der Waals surface area (Å²) in [6.07, 6.45) is 0. The van der Waals surface area contributed by atoms with E-state index in [1.165, 1.54) is 16.0 Å². The van der Waals surface area contributed by atoms with Gasteiger partial charge in [-0.15, -0.1) is 0 Å². The molecule has 0 aromatic heterocycles. The van der Waals surface area contributed by atoms with E-state index in [9.17, 15) is 4.79 Å². The number of carbonyl (C=O) groups is 1. The first-order chi connectivity index (χ1) is 7.41. The maximum atomic E-state index is 11.0. The molecule has 88 valence electrons. The third-order valence-electron chi connectivity index (χ3n) is 2.75. The number of nitrogens with zero attached hydrogens (tertiary/aromatic N) is 1. The topological polar surface area (TPSA) is 20.3 Å². The largest absolute Gasteiger partial charge is 0.328 e. The maximum Gasteiger partial charge on any atom is 0.316 e. The summed E-state index contributed by atoms with van der Waals surface area (Å²) in [5, 5.41) is -0.422. The van der Waals surface area contributed by atoms with Crippen LogP contribution < -0.4 is 0 Å². The summed E-state index contributed by atoms with van der Waals surface area (Å²) >= 11 is 5.42. The average molecular weight is 240 g/mol. The first kappa shape index (κ1) is 13.0. The number of amides is 1. The fraction of sp³-hybridized carbons (Fsp3) is 0.462. The number of hydrogen-bond donors (Lipinski definition) is 0. The van der Waals surface area contributed by atoms with E-state index < -0.39 is 5.37 Å². The molecule has 1 amide bonds. The molecule has 0 aliphatic carbocycles. The molecule has 0 unspecified atom stereocenters. The highest BCUT2D eigenvalue weighted by atomic mass is 35.5. The van der Waals surface area contributed by atoms with Crippen LogP contribution in [0.15, 0.2) is 18.2 Å². The molecule has 0 N–H and O–H groups in total. The summed E-state index contributed by atoms with van der Waals surface area (Å²) in [5.41, 5.74) is 3.63. The van der Waals surface area contributed by atoms with Crippen molar-refractivity contribution in [2.45, 2.75) is 33.2 Å². The van der Waals surface area contributed by atoms with E-state index in [0.717, 1.165) is 5.56 Å². The van der Waals surface area contributed by atoms with E-state index in [-0.39, 0.29) is 0 Å². The van der Waals surface area contributed by atoms with Gasteiger partial charge in [-0.2, -0.15) is 0 Å². The Morgan fingerprint density at radius 1 is 1.44 bits per heavy atom. The van der Waals surface area contributed by atoms with Crippen LogP contribution in [0.3, 0.4) is 0 Å². The molecule has 3 heteroatoms. The summed E-state index contributed by atoms with van der Waals surface area (Å²) in [7, 11) is 1.71. The lowest BCUT2D eigenvalue weighted by Crippen LogP contribution is -2.20. The Labute approximate surface area is 102 Å². The van der Waals surface area contributed by atoms with Crippen molar-refractivity contribution in [2.75, 3.05) is 7.05 Å². The number of aryl methyl sites for hydroxylation is 1. The summed E-state index contributed by atoms with van der Waals surface area (Å²) in [4.78, 5) is 12.5. The molecular weight excluding hydrogens is 222 g/mol. The van der Waals surface area contributed by atoms with Crippen LogP contribution in [-0.4, -0.2) is 17.3 Å². The highest BCUT2D eigenvalue weighted by molar-refractivity contribution is 6.62. The van der Waals surface area contributed by atoms with Crippen molar-refractivity contribution in [1.82, 2.24) is 4.90 Å². The number of halogens is 1. The van der Waals surface area contributed by atoms with Crippen LogP contribution in [0.4, 0.5) is 4.79 Å². The molecule has 1 rings (SSSR count). The fourth-order valence-electron chi connectivity index (χ4n) is 1.54. The second-order valence-corrected chi connectivity index (χ2v) is 4.77. The SMILES string of the molecule is Cc1ccc(C(C)C)cc1CN(C)C(=O)Cl. The van der Waals surface area contributed by atoms with E-state index >= 15 is 0 Å². The van der Waals surface area contributed by atoms with Crippen molar-refractivity contribution < 1.29 is 4.79 Å². The predicted molar refractivity (Wildman–Crippen MR) is 68.0 cm³/mol. The van der Waals surface area contributed by atoms with E-state index in [1.54, 1.807) is 7.05 Å². The van der Waals surface area contributed by atoms with Gasteiger partial charge in [0.25, 0.3) is 0 Å². The second-order valence-electron chi connectivity index (χ2n) is 4.45. The molecule has 16 heavy (non-hydrogen) atoms. The summed E-state index contributed by atoms with van der Waals surface area (Å²) in [6.45, 7) is 6.93. The van der Waals surface area contributed by atoms with Crippen molar-refractivity contribution in [3.63, 3.8) is 0 Å². The van der Waals surface area contributed by atoms with Crippen molar-refractivity contribution in [3.8, 4) is 0 Å². The van der Waals surface area contributed by atoms with Crippen molar-refractivity contribution in [3.05, 3.63) is 34.9 Å². The first-order valence-corrected chi connectivity index (χ1v) is 5.79. The second kappa shape index (κ2) is 5.35. The van der Waals surface area contributed by atoms with Gasteiger partial charge in [0.1, 0.15) is 0 Å². The Morgan fingerprint density at radius 3 is 2.56 bits per heavy atom.